The van der Waals surface area contributed by atoms with Gasteiger partial charge in [-0.05, 0) is 24.1 Å². The van der Waals surface area contributed by atoms with E-state index in [2.05, 4.69) is 12.2 Å². The summed E-state index contributed by atoms with van der Waals surface area (Å²) < 4.78 is 10.9. The Morgan fingerprint density at radius 2 is 1.10 bits per heavy atom. The van der Waals surface area contributed by atoms with Gasteiger partial charge in [-0.1, -0.05) is 152 Å². The van der Waals surface area contributed by atoms with Crippen molar-refractivity contribution in [1.29, 1.82) is 0 Å². The van der Waals surface area contributed by atoms with Gasteiger partial charge in [0.05, 0.1) is 6.61 Å². The molecule has 1 N–H and O–H groups in total. The van der Waals surface area contributed by atoms with Gasteiger partial charge in [0.25, 0.3) is 0 Å². The molecule has 2 aromatic rings. The first-order valence-electron chi connectivity index (χ1n) is 15.4. The van der Waals surface area contributed by atoms with E-state index >= 15 is 0 Å². The first-order chi connectivity index (χ1) is 19.2. The molecule has 0 aliphatic heterocycles. The predicted molar refractivity (Wildman–Crippen MR) is 160 cm³/mol. The van der Waals surface area contributed by atoms with E-state index in [1.54, 1.807) is 24.3 Å². The Morgan fingerprint density at radius 1 is 0.641 bits per heavy atom. The lowest BCUT2D eigenvalue weighted by Crippen LogP contribution is -2.44. The van der Waals surface area contributed by atoms with E-state index in [9.17, 15) is 9.59 Å². The summed E-state index contributed by atoms with van der Waals surface area (Å²) in [5.41, 5.74) is 0.946. The Labute approximate surface area is 237 Å². The monoisotopic (exact) mass is 537 g/mol. The zero-order valence-corrected chi connectivity index (χ0v) is 24.2. The number of carbonyl (C=O) groups excluding carboxylic acids is 2. The number of hydrogen-bond donors (Lipinski definition) is 1. The number of ether oxygens (including phenoxy) is 2. The molecule has 0 aliphatic carbocycles. The molecule has 0 spiro atoms. The maximum Gasteiger partial charge on any atom is 0.413 e. The van der Waals surface area contributed by atoms with Crippen LogP contribution in [0.2, 0.25) is 0 Å². The second-order valence-electron chi connectivity index (χ2n) is 10.6. The third-order valence-electron chi connectivity index (χ3n) is 7.06. The van der Waals surface area contributed by atoms with E-state index in [4.69, 9.17) is 9.47 Å². The van der Waals surface area contributed by atoms with E-state index < -0.39 is 18.1 Å². The maximum atomic E-state index is 12.8. The number of esters is 1. The summed E-state index contributed by atoms with van der Waals surface area (Å²) in [6.07, 6.45) is 20.5. The molecule has 5 heteroatoms. The first-order valence-corrected chi connectivity index (χ1v) is 15.4. The Bertz CT molecular complexity index is 871. The number of hydrogen-bond acceptors (Lipinski definition) is 4. The molecule has 0 saturated carbocycles. The smallest absolute Gasteiger partial charge is 0.413 e. The first kappa shape index (κ1) is 32.4. The maximum absolute atomic E-state index is 12.8. The van der Waals surface area contributed by atoms with E-state index in [0.29, 0.717) is 18.8 Å². The van der Waals surface area contributed by atoms with Gasteiger partial charge in [0.15, 0.2) is 0 Å². The van der Waals surface area contributed by atoms with Crippen LogP contribution in [-0.2, 0) is 16.0 Å². The van der Waals surface area contributed by atoms with Gasteiger partial charge in [-0.2, -0.15) is 0 Å². The Balaban J connectivity index is 1.54. The summed E-state index contributed by atoms with van der Waals surface area (Å²) in [7, 11) is 0. The fourth-order valence-corrected chi connectivity index (χ4v) is 4.73. The SMILES string of the molecule is CCCCCCCCCCCCCCCCCCOC(=O)C(Cc1ccccc1)NC(=O)Oc1ccccc1. The number of carbonyl (C=O) groups is 2. The molecule has 216 valence electrons. The van der Waals surface area contributed by atoms with Gasteiger partial charge < -0.3 is 14.8 Å². The molecule has 5 nitrogen and oxygen atoms in total. The highest BCUT2D eigenvalue weighted by Gasteiger charge is 2.23. The Morgan fingerprint density at radius 3 is 1.62 bits per heavy atom. The molecule has 0 heterocycles. The minimum Gasteiger partial charge on any atom is -0.464 e. The predicted octanol–water partition coefficient (Wildman–Crippen LogP) is 9.19. The number of unbranched alkanes of at least 4 members (excludes halogenated alkanes) is 15. The second kappa shape index (κ2) is 22.0. The average molecular weight is 538 g/mol. The Kier molecular flexibility index (Phi) is 18.3. The number of rotatable bonds is 22. The van der Waals surface area contributed by atoms with Crippen molar-refractivity contribution in [2.75, 3.05) is 6.61 Å². The lowest BCUT2D eigenvalue weighted by atomic mass is 10.0. The third-order valence-corrected chi connectivity index (χ3v) is 7.06. The van der Waals surface area contributed by atoms with Crippen LogP contribution in [0.3, 0.4) is 0 Å². The van der Waals surface area contributed by atoms with Gasteiger partial charge in [-0.25, -0.2) is 9.59 Å². The molecule has 1 amide bonds. The van der Waals surface area contributed by atoms with Crippen LogP contribution < -0.4 is 10.1 Å². The summed E-state index contributed by atoms with van der Waals surface area (Å²) in [5.74, 6) is -0.000168. The van der Waals surface area contributed by atoms with Gasteiger partial charge >= 0.3 is 12.1 Å². The molecule has 0 bridgehead atoms. The summed E-state index contributed by atoms with van der Waals surface area (Å²) in [6, 6.07) is 17.6. The number of nitrogens with one attached hydrogen (secondary N) is 1. The summed E-state index contributed by atoms with van der Waals surface area (Å²) in [5, 5.41) is 2.68. The van der Waals surface area contributed by atoms with Gasteiger partial charge in [-0.3, -0.25) is 0 Å². The van der Waals surface area contributed by atoms with E-state index in [1.807, 2.05) is 36.4 Å². The molecule has 2 rings (SSSR count). The van der Waals surface area contributed by atoms with Crippen LogP contribution in [0, 0.1) is 0 Å². The van der Waals surface area contributed by atoms with Crippen LogP contribution in [-0.4, -0.2) is 24.7 Å². The second-order valence-corrected chi connectivity index (χ2v) is 10.6. The molecular formula is C34H51NO4. The zero-order chi connectivity index (χ0) is 27.8. The fourth-order valence-electron chi connectivity index (χ4n) is 4.73. The molecular weight excluding hydrogens is 486 g/mol. The summed E-state index contributed by atoms with van der Waals surface area (Å²) in [4.78, 5) is 25.2. The molecule has 1 atom stereocenters. The van der Waals surface area contributed by atoms with Crippen molar-refractivity contribution in [3.63, 3.8) is 0 Å². The standard InChI is InChI=1S/C34H51NO4/c1-2-3-4-5-6-7-8-9-10-11-12-13-14-15-16-23-28-38-33(36)32(29-30-24-19-17-20-25-30)35-34(37)39-31-26-21-18-22-27-31/h17-22,24-27,32H,2-16,23,28-29H2,1H3,(H,35,37). The van der Waals surface area contributed by atoms with E-state index in [-0.39, 0.29) is 0 Å². The van der Waals surface area contributed by atoms with Crippen molar-refractivity contribution in [3.05, 3.63) is 66.2 Å². The number of benzene rings is 2. The lowest BCUT2D eigenvalue weighted by Gasteiger charge is -2.18. The molecule has 0 radical (unpaired) electrons. The van der Waals surface area contributed by atoms with Crippen LogP contribution in [0.15, 0.2) is 60.7 Å². The Hall–Kier alpha value is -2.82. The van der Waals surface area contributed by atoms with Gasteiger partial charge in [0.1, 0.15) is 11.8 Å². The lowest BCUT2D eigenvalue weighted by molar-refractivity contribution is -0.146. The van der Waals surface area contributed by atoms with Crippen molar-refractivity contribution in [3.8, 4) is 5.75 Å². The zero-order valence-electron chi connectivity index (χ0n) is 24.2. The van der Waals surface area contributed by atoms with Crippen molar-refractivity contribution in [2.45, 2.75) is 122 Å². The van der Waals surface area contributed by atoms with Gasteiger partial charge in [-0.15, -0.1) is 0 Å². The fraction of sp³-hybridized carbons (Fsp3) is 0.588. The van der Waals surface area contributed by atoms with Crippen molar-refractivity contribution < 1.29 is 19.1 Å². The topological polar surface area (TPSA) is 64.6 Å². The highest BCUT2D eigenvalue weighted by molar-refractivity contribution is 5.82. The highest BCUT2D eigenvalue weighted by atomic mass is 16.6. The molecule has 0 aromatic heterocycles. The third kappa shape index (κ3) is 16.7. The molecule has 1 unspecified atom stereocenters. The van der Waals surface area contributed by atoms with Crippen LogP contribution >= 0.6 is 0 Å². The average Bonchev–Trinajstić information content (AvgIpc) is 2.95. The molecule has 0 aliphatic rings. The van der Waals surface area contributed by atoms with Crippen LogP contribution in [0.5, 0.6) is 5.75 Å². The summed E-state index contributed by atoms with van der Waals surface area (Å²) >= 11 is 0. The number of para-hydroxylation sites is 1. The molecule has 2 aromatic carbocycles. The van der Waals surface area contributed by atoms with E-state index in [1.165, 1.54) is 89.9 Å². The van der Waals surface area contributed by atoms with Crippen molar-refractivity contribution in [2.24, 2.45) is 0 Å². The summed E-state index contributed by atoms with van der Waals surface area (Å²) in [6.45, 7) is 2.65. The minimum absolute atomic E-state index is 0.350. The largest absolute Gasteiger partial charge is 0.464 e. The number of amides is 1. The molecule has 0 fully saturated rings. The normalized spacial score (nSPS) is 11.6. The van der Waals surface area contributed by atoms with Crippen LogP contribution in [0.25, 0.3) is 0 Å². The van der Waals surface area contributed by atoms with Gasteiger partial charge in [0, 0.05) is 6.42 Å². The van der Waals surface area contributed by atoms with Gasteiger partial charge in [0.2, 0.25) is 0 Å². The van der Waals surface area contributed by atoms with Crippen LogP contribution in [0.1, 0.15) is 115 Å². The molecule has 39 heavy (non-hydrogen) atoms. The minimum atomic E-state index is -0.801. The highest BCUT2D eigenvalue weighted by Crippen LogP contribution is 2.14. The quantitative estimate of drug-likeness (QED) is 0.120. The van der Waals surface area contributed by atoms with Crippen LogP contribution in [0.4, 0.5) is 4.79 Å². The van der Waals surface area contributed by atoms with E-state index in [0.717, 1.165) is 18.4 Å². The molecule has 0 saturated heterocycles. The van der Waals surface area contributed by atoms with Crippen molar-refractivity contribution >= 4 is 12.1 Å². The van der Waals surface area contributed by atoms with Crippen molar-refractivity contribution in [1.82, 2.24) is 5.32 Å².